The number of rotatable bonds is 6. The molecule has 0 aliphatic carbocycles. The molecule has 0 saturated carbocycles. The fourth-order valence-electron chi connectivity index (χ4n) is 1.41. The molecule has 1 atom stereocenters. The summed E-state index contributed by atoms with van der Waals surface area (Å²) in [6.45, 7) is 2.99. The minimum absolute atomic E-state index is 0.206. The molecule has 0 unspecified atom stereocenters. The van der Waals surface area contributed by atoms with Gasteiger partial charge < -0.3 is 15.2 Å². The lowest BCUT2D eigenvalue weighted by Crippen LogP contribution is -2.26. The molecule has 0 heterocycles. The van der Waals surface area contributed by atoms with Crippen LogP contribution in [0.5, 0.6) is 5.75 Å². The van der Waals surface area contributed by atoms with Gasteiger partial charge in [-0.25, -0.2) is 0 Å². The van der Waals surface area contributed by atoms with Crippen LogP contribution in [0, 0.1) is 0 Å². The molecule has 0 fully saturated rings. The zero-order valence-corrected chi connectivity index (χ0v) is 10.4. The number of hydrogen-bond donors (Lipinski definition) is 2. The van der Waals surface area contributed by atoms with Crippen LogP contribution in [0.3, 0.4) is 0 Å². The first-order valence-electron chi connectivity index (χ1n) is 5.34. The third-order valence-corrected chi connectivity index (χ3v) is 2.73. The molecule has 1 rings (SSSR count). The van der Waals surface area contributed by atoms with Gasteiger partial charge in [-0.1, -0.05) is 17.7 Å². The van der Waals surface area contributed by atoms with E-state index in [1.165, 1.54) is 0 Å². The summed E-state index contributed by atoms with van der Waals surface area (Å²) >= 11 is 6.01. The van der Waals surface area contributed by atoms with Gasteiger partial charge in [0.25, 0.3) is 0 Å². The molecule has 0 bridgehead atoms. The first-order valence-corrected chi connectivity index (χ1v) is 5.71. The Labute approximate surface area is 101 Å². The van der Waals surface area contributed by atoms with Crippen LogP contribution in [0.15, 0.2) is 18.2 Å². The van der Waals surface area contributed by atoms with Gasteiger partial charge in [-0.2, -0.15) is 0 Å². The molecule has 90 valence electrons. The van der Waals surface area contributed by atoms with Crippen LogP contribution in [0.4, 0.5) is 0 Å². The fraction of sp³-hybridized carbons (Fsp3) is 0.500. The van der Waals surface area contributed by atoms with E-state index in [1.54, 1.807) is 7.11 Å². The van der Waals surface area contributed by atoms with Crippen molar-refractivity contribution in [1.29, 1.82) is 0 Å². The van der Waals surface area contributed by atoms with E-state index in [-0.39, 0.29) is 6.61 Å². The minimum atomic E-state index is 0.206. The Balaban J connectivity index is 2.51. The van der Waals surface area contributed by atoms with Gasteiger partial charge in [0.15, 0.2) is 0 Å². The number of hydrogen-bond acceptors (Lipinski definition) is 3. The molecule has 0 spiro atoms. The molecule has 2 N–H and O–H groups in total. The first-order chi connectivity index (χ1) is 7.67. The van der Waals surface area contributed by atoms with Crippen LogP contribution in [0.2, 0.25) is 5.02 Å². The van der Waals surface area contributed by atoms with Crippen LogP contribution in [-0.4, -0.2) is 24.9 Å². The van der Waals surface area contributed by atoms with Gasteiger partial charge in [0, 0.05) is 19.2 Å². The molecule has 0 radical (unpaired) electrons. The van der Waals surface area contributed by atoms with Crippen LogP contribution in [0.25, 0.3) is 0 Å². The first kappa shape index (κ1) is 13.3. The SMILES string of the molecule is COc1ccc(CN[C@H](C)CCO)cc1Cl. The van der Waals surface area contributed by atoms with Crippen molar-refractivity contribution in [2.75, 3.05) is 13.7 Å². The molecular weight excluding hydrogens is 226 g/mol. The van der Waals surface area contributed by atoms with Gasteiger partial charge in [-0.3, -0.25) is 0 Å². The molecule has 16 heavy (non-hydrogen) atoms. The van der Waals surface area contributed by atoms with Gasteiger partial charge in [-0.15, -0.1) is 0 Å². The lowest BCUT2D eigenvalue weighted by atomic mass is 10.2. The zero-order chi connectivity index (χ0) is 12.0. The summed E-state index contributed by atoms with van der Waals surface area (Å²) in [6, 6.07) is 6.02. The maximum Gasteiger partial charge on any atom is 0.137 e. The average Bonchev–Trinajstić information content (AvgIpc) is 2.27. The largest absolute Gasteiger partial charge is 0.495 e. The number of nitrogens with one attached hydrogen (secondary N) is 1. The van der Waals surface area contributed by atoms with E-state index >= 15 is 0 Å². The van der Waals surface area contributed by atoms with Crippen LogP contribution in [-0.2, 0) is 6.54 Å². The summed E-state index contributed by atoms with van der Waals surface area (Å²) in [5.74, 6) is 0.689. The zero-order valence-electron chi connectivity index (χ0n) is 9.66. The molecule has 3 nitrogen and oxygen atoms in total. The van der Waals surface area contributed by atoms with E-state index in [0.717, 1.165) is 18.5 Å². The summed E-state index contributed by atoms with van der Waals surface area (Å²) in [4.78, 5) is 0. The topological polar surface area (TPSA) is 41.5 Å². The highest BCUT2D eigenvalue weighted by molar-refractivity contribution is 6.32. The Bertz CT molecular complexity index is 331. The predicted octanol–water partition coefficient (Wildman–Crippen LogP) is 2.21. The maximum atomic E-state index is 8.77. The van der Waals surface area contributed by atoms with E-state index < -0.39 is 0 Å². The molecule has 0 saturated heterocycles. The second kappa shape index (κ2) is 6.74. The molecule has 1 aromatic carbocycles. The third-order valence-electron chi connectivity index (χ3n) is 2.43. The van der Waals surface area contributed by atoms with Gasteiger partial charge in [-0.05, 0) is 31.0 Å². The Morgan fingerprint density at radius 1 is 1.50 bits per heavy atom. The Hall–Kier alpha value is -0.770. The third kappa shape index (κ3) is 4.00. The highest BCUT2D eigenvalue weighted by Crippen LogP contribution is 2.24. The summed E-state index contributed by atoms with van der Waals surface area (Å²) in [5, 5.41) is 12.7. The van der Waals surface area contributed by atoms with Gasteiger partial charge in [0.1, 0.15) is 5.75 Å². The summed E-state index contributed by atoms with van der Waals surface area (Å²) in [7, 11) is 1.60. The van der Waals surface area contributed by atoms with E-state index in [9.17, 15) is 0 Å². The summed E-state index contributed by atoms with van der Waals surface area (Å²) in [6.07, 6.45) is 0.754. The summed E-state index contributed by atoms with van der Waals surface area (Å²) in [5.41, 5.74) is 1.11. The number of methoxy groups -OCH3 is 1. The van der Waals surface area contributed by atoms with Crippen molar-refractivity contribution in [2.24, 2.45) is 0 Å². The van der Waals surface area contributed by atoms with Crippen molar-refractivity contribution in [3.8, 4) is 5.75 Å². The normalized spacial score (nSPS) is 12.5. The van der Waals surface area contributed by atoms with Crippen molar-refractivity contribution in [1.82, 2.24) is 5.32 Å². The van der Waals surface area contributed by atoms with Crippen molar-refractivity contribution >= 4 is 11.6 Å². The van der Waals surface area contributed by atoms with Gasteiger partial charge >= 0.3 is 0 Å². The fourth-order valence-corrected chi connectivity index (χ4v) is 1.69. The molecule has 4 heteroatoms. The van der Waals surface area contributed by atoms with Crippen molar-refractivity contribution in [3.63, 3.8) is 0 Å². The number of aliphatic hydroxyl groups is 1. The number of ether oxygens (including phenoxy) is 1. The van der Waals surface area contributed by atoms with Crippen molar-refractivity contribution in [3.05, 3.63) is 28.8 Å². The Morgan fingerprint density at radius 2 is 2.25 bits per heavy atom. The summed E-state index contributed by atoms with van der Waals surface area (Å²) < 4.78 is 5.08. The number of benzene rings is 1. The predicted molar refractivity (Wildman–Crippen MR) is 66.0 cm³/mol. The highest BCUT2D eigenvalue weighted by Gasteiger charge is 2.03. The Kier molecular flexibility index (Phi) is 5.60. The lowest BCUT2D eigenvalue weighted by Gasteiger charge is -2.13. The van der Waals surface area contributed by atoms with E-state index in [4.69, 9.17) is 21.4 Å². The molecular formula is C12H18ClNO2. The monoisotopic (exact) mass is 243 g/mol. The molecule has 0 aliphatic heterocycles. The quantitative estimate of drug-likeness (QED) is 0.805. The molecule has 0 amide bonds. The molecule has 0 aliphatic rings. The average molecular weight is 244 g/mol. The molecule has 1 aromatic rings. The Morgan fingerprint density at radius 3 is 2.81 bits per heavy atom. The van der Waals surface area contributed by atoms with Gasteiger partial charge in [0.05, 0.1) is 12.1 Å². The van der Waals surface area contributed by atoms with Crippen LogP contribution >= 0.6 is 11.6 Å². The smallest absolute Gasteiger partial charge is 0.137 e. The second-order valence-electron chi connectivity index (χ2n) is 3.76. The van der Waals surface area contributed by atoms with Crippen molar-refractivity contribution < 1.29 is 9.84 Å². The van der Waals surface area contributed by atoms with Crippen LogP contribution < -0.4 is 10.1 Å². The highest BCUT2D eigenvalue weighted by atomic mass is 35.5. The second-order valence-corrected chi connectivity index (χ2v) is 4.17. The molecule has 0 aromatic heterocycles. The van der Waals surface area contributed by atoms with E-state index in [1.807, 2.05) is 25.1 Å². The maximum absolute atomic E-state index is 8.77. The lowest BCUT2D eigenvalue weighted by molar-refractivity contribution is 0.268. The van der Waals surface area contributed by atoms with Crippen molar-refractivity contribution in [2.45, 2.75) is 25.9 Å². The standard InChI is InChI=1S/C12H18ClNO2/c1-9(5-6-15)14-8-10-3-4-12(16-2)11(13)7-10/h3-4,7,9,14-15H,5-6,8H2,1-2H3/t9-/m1/s1. The number of halogens is 1. The van der Waals surface area contributed by atoms with E-state index in [2.05, 4.69) is 5.32 Å². The minimum Gasteiger partial charge on any atom is -0.495 e. The van der Waals surface area contributed by atoms with E-state index in [0.29, 0.717) is 16.8 Å². The van der Waals surface area contributed by atoms with Crippen LogP contribution in [0.1, 0.15) is 18.9 Å². The van der Waals surface area contributed by atoms with Gasteiger partial charge in [0.2, 0.25) is 0 Å². The number of aliphatic hydroxyl groups excluding tert-OH is 1.